The molecule has 0 aliphatic rings. The van der Waals surface area contributed by atoms with Gasteiger partial charge < -0.3 is 14.5 Å². The summed E-state index contributed by atoms with van der Waals surface area (Å²) in [4.78, 5) is 4.34. The Kier molecular flexibility index (Phi) is 4.89. The fraction of sp³-hybridized carbons (Fsp3) is 0.643. The molecule has 20 heavy (non-hydrogen) atoms. The fourth-order valence-corrected chi connectivity index (χ4v) is 2.27. The molecule has 2 aromatic rings. The standard InChI is InChI=1S/C14H24N6/c1-5-13-15-6-7-19(13)9-12(4)16-8-14-18-17-10-20(14)11(2)3/h6-7,10-12,16H,5,8-9H2,1-4H3. The van der Waals surface area contributed by atoms with Crippen LogP contribution in [0.25, 0.3) is 0 Å². The monoisotopic (exact) mass is 276 g/mol. The number of aromatic nitrogens is 5. The topological polar surface area (TPSA) is 60.6 Å². The molecule has 0 aliphatic heterocycles. The molecule has 0 fully saturated rings. The van der Waals surface area contributed by atoms with Gasteiger partial charge in [-0.25, -0.2) is 4.98 Å². The summed E-state index contributed by atoms with van der Waals surface area (Å²) in [5.74, 6) is 2.11. The molecule has 1 N–H and O–H groups in total. The van der Waals surface area contributed by atoms with Crippen molar-refractivity contribution in [2.75, 3.05) is 0 Å². The number of aryl methyl sites for hydroxylation is 1. The molecule has 6 heteroatoms. The van der Waals surface area contributed by atoms with Gasteiger partial charge in [0.2, 0.25) is 0 Å². The zero-order valence-electron chi connectivity index (χ0n) is 12.7. The van der Waals surface area contributed by atoms with E-state index in [1.807, 2.05) is 12.4 Å². The van der Waals surface area contributed by atoms with Gasteiger partial charge in [-0.15, -0.1) is 10.2 Å². The number of rotatable bonds is 7. The maximum absolute atomic E-state index is 4.34. The van der Waals surface area contributed by atoms with Crippen molar-refractivity contribution in [3.05, 3.63) is 30.4 Å². The van der Waals surface area contributed by atoms with E-state index in [9.17, 15) is 0 Å². The van der Waals surface area contributed by atoms with Crippen LogP contribution >= 0.6 is 0 Å². The Morgan fingerprint density at radius 3 is 2.75 bits per heavy atom. The van der Waals surface area contributed by atoms with E-state index < -0.39 is 0 Å². The highest BCUT2D eigenvalue weighted by Crippen LogP contribution is 2.07. The van der Waals surface area contributed by atoms with Gasteiger partial charge in [-0.1, -0.05) is 6.92 Å². The van der Waals surface area contributed by atoms with Crippen LogP contribution in [0.5, 0.6) is 0 Å². The predicted molar refractivity (Wildman–Crippen MR) is 78.3 cm³/mol. The van der Waals surface area contributed by atoms with E-state index in [1.165, 1.54) is 0 Å². The number of nitrogens with zero attached hydrogens (tertiary/aromatic N) is 5. The minimum atomic E-state index is 0.354. The third-order valence-corrected chi connectivity index (χ3v) is 3.40. The third kappa shape index (κ3) is 3.45. The van der Waals surface area contributed by atoms with Crippen LogP contribution in [0.2, 0.25) is 0 Å². The van der Waals surface area contributed by atoms with E-state index in [4.69, 9.17) is 0 Å². The van der Waals surface area contributed by atoms with Crippen molar-refractivity contribution in [1.82, 2.24) is 29.6 Å². The molecule has 6 nitrogen and oxygen atoms in total. The van der Waals surface area contributed by atoms with Crippen LogP contribution in [0.3, 0.4) is 0 Å². The number of nitrogens with one attached hydrogen (secondary N) is 1. The van der Waals surface area contributed by atoms with Gasteiger partial charge >= 0.3 is 0 Å². The second kappa shape index (κ2) is 6.65. The van der Waals surface area contributed by atoms with Crippen LogP contribution < -0.4 is 5.32 Å². The van der Waals surface area contributed by atoms with E-state index >= 15 is 0 Å². The maximum atomic E-state index is 4.34. The normalized spacial score (nSPS) is 13.1. The van der Waals surface area contributed by atoms with Gasteiger partial charge in [-0.05, 0) is 20.8 Å². The maximum Gasteiger partial charge on any atom is 0.147 e. The van der Waals surface area contributed by atoms with Crippen LogP contribution in [0.15, 0.2) is 18.7 Å². The van der Waals surface area contributed by atoms with Crippen molar-refractivity contribution < 1.29 is 0 Å². The van der Waals surface area contributed by atoms with Crippen LogP contribution in [-0.2, 0) is 19.5 Å². The van der Waals surface area contributed by atoms with Crippen molar-refractivity contribution in [2.24, 2.45) is 0 Å². The van der Waals surface area contributed by atoms with Crippen LogP contribution in [0.1, 0.15) is 45.4 Å². The van der Waals surface area contributed by atoms with Crippen molar-refractivity contribution >= 4 is 0 Å². The van der Waals surface area contributed by atoms with E-state index in [1.54, 1.807) is 6.33 Å². The highest BCUT2D eigenvalue weighted by molar-refractivity contribution is 4.93. The Hall–Kier alpha value is -1.69. The molecule has 0 saturated heterocycles. The zero-order chi connectivity index (χ0) is 14.5. The van der Waals surface area contributed by atoms with Crippen LogP contribution in [-0.4, -0.2) is 30.4 Å². The zero-order valence-corrected chi connectivity index (χ0v) is 12.7. The number of hydrogen-bond acceptors (Lipinski definition) is 4. The lowest BCUT2D eigenvalue weighted by Gasteiger charge is -2.17. The molecule has 0 aromatic carbocycles. The van der Waals surface area contributed by atoms with Gasteiger partial charge in [0.05, 0.1) is 6.54 Å². The van der Waals surface area contributed by atoms with Crippen molar-refractivity contribution in [3.8, 4) is 0 Å². The second-order valence-electron chi connectivity index (χ2n) is 5.38. The molecule has 2 aromatic heterocycles. The summed E-state index contributed by atoms with van der Waals surface area (Å²) in [5.41, 5.74) is 0. The van der Waals surface area contributed by atoms with Gasteiger partial charge in [-0.2, -0.15) is 0 Å². The summed E-state index contributed by atoms with van der Waals surface area (Å²) in [5, 5.41) is 11.7. The molecule has 0 saturated carbocycles. The largest absolute Gasteiger partial charge is 0.333 e. The molecule has 110 valence electrons. The smallest absolute Gasteiger partial charge is 0.147 e. The lowest BCUT2D eigenvalue weighted by molar-refractivity contribution is 0.448. The average Bonchev–Trinajstić information content (AvgIpc) is 3.04. The molecular formula is C14H24N6. The quantitative estimate of drug-likeness (QED) is 0.837. The van der Waals surface area contributed by atoms with E-state index in [0.29, 0.717) is 12.1 Å². The number of hydrogen-bond donors (Lipinski definition) is 1. The summed E-state index contributed by atoms with van der Waals surface area (Å²) in [6.07, 6.45) is 6.65. The van der Waals surface area contributed by atoms with Gasteiger partial charge in [0, 0.05) is 37.4 Å². The van der Waals surface area contributed by atoms with E-state index in [2.05, 4.69) is 57.3 Å². The Morgan fingerprint density at radius 1 is 1.25 bits per heavy atom. The van der Waals surface area contributed by atoms with Crippen molar-refractivity contribution in [3.63, 3.8) is 0 Å². The van der Waals surface area contributed by atoms with Gasteiger partial charge in [0.1, 0.15) is 18.0 Å². The highest BCUT2D eigenvalue weighted by atomic mass is 15.3. The third-order valence-electron chi connectivity index (χ3n) is 3.40. The first-order valence-electron chi connectivity index (χ1n) is 7.23. The first-order chi connectivity index (χ1) is 9.61. The summed E-state index contributed by atoms with van der Waals surface area (Å²) in [6.45, 7) is 10.2. The second-order valence-corrected chi connectivity index (χ2v) is 5.38. The highest BCUT2D eigenvalue weighted by Gasteiger charge is 2.10. The Morgan fingerprint density at radius 2 is 2.05 bits per heavy atom. The summed E-state index contributed by atoms with van der Waals surface area (Å²) < 4.78 is 4.29. The SMILES string of the molecule is CCc1nccn1CC(C)NCc1nncn1C(C)C. The molecule has 0 amide bonds. The Bertz CT molecular complexity index is 527. The van der Waals surface area contributed by atoms with E-state index in [-0.39, 0.29) is 0 Å². The summed E-state index contributed by atoms with van der Waals surface area (Å²) in [6, 6.07) is 0.740. The van der Waals surface area contributed by atoms with Crippen LogP contribution in [0.4, 0.5) is 0 Å². The van der Waals surface area contributed by atoms with Crippen molar-refractivity contribution in [1.29, 1.82) is 0 Å². The minimum Gasteiger partial charge on any atom is -0.333 e. The van der Waals surface area contributed by atoms with Gasteiger partial charge in [0.25, 0.3) is 0 Å². The molecule has 2 heterocycles. The molecule has 0 aliphatic carbocycles. The molecule has 0 bridgehead atoms. The molecule has 2 rings (SSSR count). The summed E-state index contributed by atoms with van der Waals surface area (Å²) >= 11 is 0. The lowest BCUT2D eigenvalue weighted by Crippen LogP contribution is -2.31. The molecule has 1 atom stereocenters. The molecule has 0 radical (unpaired) electrons. The Balaban J connectivity index is 1.89. The predicted octanol–water partition coefficient (Wildman–Crippen LogP) is 1.80. The fourth-order valence-electron chi connectivity index (χ4n) is 2.27. The average molecular weight is 276 g/mol. The lowest BCUT2D eigenvalue weighted by atomic mass is 10.3. The minimum absolute atomic E-state index is 0.354. The molecule has 1 unspecified atom stereocenters. The number of imidazole rings is 1. The molecular weight excluding hydrogens is 252 g/mol. The first-order valence-corrected chi connectivity index (χ1v) is 7.23. The first kappa shape index (κ1) is 14.7. The van der Waals surface area contributed by atoms with Gasteiger partial charge in [0.15, 0.2) is 0 Å². The molecule has 0 spiro atoms. The van der Waals surface area contributed by atoms with E-state index in [0.717, 1.165) is 31.2 Å². The van der Waals surface area contributed by atoms with Crippen molar-refractivity contribution in [2.45, 2.75) is 59.3 Å². The Labute approximate surface area is 120 Å². The summed E-state index contributed by atoms with van der Waals surface area (Å²) in [7, 11) is 0. The van der Waals surface area contributed by atoms with Gasteiger partial charge in [-0.3, -0.25) is 0 Å². The van der Waals surface area contributed by atoms with Crippen LogP contribution in [0, 0.1) is 0 Å².